The van der Waals surface area contributed by atoms with Gasteiger partial charge in [-0.25, -0.2) is 4.99 Å². The number of hydrogen-bond acceptors (Lipinski definition) is 1. The van der Waals surface area contributed by atoms with E-state index >= 15 is 0 Å². The summed E-state index contributed by atoms with van der Waals surface area (Å²) < 4.78 is 0. The predicted octanol–water partition coefficient (Wildman–Crippen LogP) is 4.66. The molecule has 1 aliphatic heterocycles. The van der Waals surface area contributed by atoms with Crippen molar-refractivity contribution in [3.05, 3.63) is 70.3 Å². The van der Waals surface area contributed by atoms with Crippen LogP contribution in [0.3, 0.4) is 0 Å². The van der Waals surface area contributed by atoms with E-state index in [1.165, 1.54) is 11.1 Å². The number of amidine groups is 1. The smallest absolute Gasteiger partial charge is 0.155 e. The highest BCUT2D eigenvalue weighted by molar-refractivity contribution is 6.22. The molecule has 0 amide bonds. The van der Waals surface area contributed by atoms with E-state index in [-0.39, 0.29) is 0 Å². The lowest BCUT2D eigenvalue weighted by Crippen LogP contribution is -2.16. The van der Waals surface area contributed by atoms with Crippen LogP contribution in [0.15, 0.2) is 69.2 Å². The second-order valence-electron chi connectivity index (χ2n) is 5.62. The first-order chi connectivity index (χ1) is 9.93. The molecule has 1 aliphatic rings. The molecule has 0 radical (unpaired) electrons. The number of dihydropyridines is 1. The standard InChI is InChI=1S/C19H22N2/c1-12(2)16-11-17(15-9-7-14(5)8-10-15)21-19(20-6)18(16)13(3)4/h7-11H,1H2,2-6H3. The third kappa shape index (κ3) is 3.10. The molecule has 1 heterocycles. The summed E-state index contributed by atoms with van der Waals surface area (Å²) in [4.78, 5) is 9.09. The van der Waals surface area contributed by atoms with Gasteiger partial charge >= 0.3 is 0 Å². The average molecular weight is 278 g/mol. The molecule has 2 nitrogen and oxygen atoms in total. The predicted molar refractivity (Wildman–Crippen MR) is 92.3 cm³/mol. The summed E-state index contributed by atoms with van der Waals surface area (Å²) in [7, 11) is 1.79. The van der Waals surface area contributed by atoms with Crippen LogP contribution in [0.1, 0.15) is 31.9 Å². The molecule has 0 saturated heterocycles. The molecular weight excluding hydrogens is 256 g/mol. The van der Waals surface area contributed by atoms with Gasteiger partial charge < -0.3 is 0 Å². The van der Waals surface area contributed by atoms with Crippen molar-refractivity contribution in [2.45, 2.75) is 27.7 Å². The quantitative estimate of drug-likeness (QED) is 0.751. The van der Waals surface area contributed by atoms with Crippen LogP contribution in [-0.2, 0) is 0 Å². The van der Waals surface area contributed by atoms with Crippen LogP contribution in [0.5, 0.6) is 0 Å². The molecular formula is C19H22N2. The van der Waals surface area contributed by atoms with Gasteiger partial charge in [0, 0.05) is 18.2 Å². The first-order valence-corrected chi connectivity index (χ1v) is 7.12. The second kappa shape index (κ2) is 6.04. The molecule has 0 bridgehead atoms. The largest absolute Gasteiger partial charge is 0.270 e. The van der Waals surface area contributed by atoms with Crippen molar-refractivity contribution in [2.75, 3.05) is 7.05 Å². The zero-order chi connectivity index (χ0) is 15.6. The zero-order valence-electron chi connectivity index (χ0n) is 13.5. The average Bonchev–Trinajstić information content (AvgIpc) is 2.46. The van der Waals surface area contributed by atoms with Crippen LogP contribution in [-0.4, -0.2) is 18.6 Å². The number of aliphatic imine (C=N–C) groups is 2. The van der Waals surface area contributed by atoms with Gasteiger partial charge in [0.25, 0.3) is 0 Å². The Bertz CT molecular complexity index is 692. The van der Waals surface area contributed by atoms with Crippen LogP contribution >= 0.6 is 0 Å². The summed E-state index contributed by atoms with van der Waals surface area (Å²) in [5, 5.41) is 0. The minimum atomic E-state index is 0.783. The number of benzene rings is 1. The molecule has 0 atom stereocenters. The van der Waals surface area contributed by atoms with Crippen molar-refractivity contribution in [3.63, 3.8) is 0 Å². The lowest BCUT2D eigenvalue weighted by atomic mass is 9.90. The van der Waals surface area contributed by atoms with Crippen LogP contribution < -0.4 is 0 Å². The molecule has 0 fully saturated rings. The number of hydrogen-bond donors (Lipinski definition) is 0. The molecule has 0 N–H and O–H groups in total. The van der Waals surface area contributed by atoms with Crippen LogP contribution in [0.25, 0.3) is 0 Å². The monoisotopic (exact) mass is 278 g/mol. The molecule has 0 aromatic heterocycles. The maximum Gasteiger partial charge on any atom is 0.155 e. The van der Waals surface area contributed by atoms with E-state index in [0.717, 1.165) is 33.8 Å². The second-order valence-corrected chi connectivity index (χ2v) is 5.62. The lowest BCUT2D eigenvalue weighted by Gasteiger charge is -2.20. The lowest BCUT2D eigenvalue weighted by molar-refractivity contribution is 1.25. The Morgan fingerprint density at radius 3 is 2.19 bits per heavy atom. The maximum absolute atomic E-state index is 4.73. The van der Waals surface area contributed by atoms with Gasteiger partial charge in [-0.1, -0.05) is 47.6 Å². The van der Waals surface area contributed by atoms with E-state index in [0.29, 0.717) is 0 Å². The zero-order valence-corrected chi connectivity index (χ0v) is 13.5. The summed E-state index contributed by atoms with van der Waals surface area (Å²) in [6.07, 6.45) is 2.12. The topological polar surface area (TPSA) is 24.7 Å². The minimum absolute atomic E-state index is 0.783. The molecule has 2 rings (SSSR count). The van der Waals surface area contributed by atoms with Gasteiger partial charge in [-0.15, -0.1) is 0 Å². The van der Waals surface area contributed by atoms with Gasteiger partial charge in [0.05, 0.1) is 5.71 Å². The Morgan fingerprint density at radius 1 is 1.10 bits per heavy atom. The molecule has 0 saturated carbocycles. The molecule has 0 spiro atoms. The van der Waals surface area contributed by atoms with Crippen molar-refractivity contribution in [1.29, 1.82) is 0 Å². The van der Waals surface area contributed by atoms with Crippen molar-refractivity contribution in [1.82, 2.24) is 0 Å². The van der Waals surface area contributed by atoms with Crippen LogP contribution in [0.4, 0.5) is 0 Å². The highest BCUT2D eigenvalue weighted by Gasteiger charge is 2.20. The molecule has 21 heavy (non-hydrogen) atoms. The fraction of sp³-hybridized carbons (Fsp3) is 0.263. The number of allylic oxidation sites excluding steroid dienone is 3. The summed E-state index contributed by atoms with van der Waals surface area (Å²) in [5.41, 5.74) is 7.76. The molecule has 2 heteroatoms. The van der Waals surface area contributed by atoms with E-state index in [1.807, 2.05) is 6.92 Å². The Hall–Kier alpha value is -2.22. The first-order valence-electron chi connectivity index (χ1n) is 7.12. The third-order valence-electron chi connectivity index (χ3n) is 3.52. The Labute approximate surface area is 127 Å². The fourth-order valence-electron chi connectivity index (χ4n) is 2.40. The summed E-state index contributed by atoms with van der Waals surface area (Å²) in [6, 6.07) is 8.40. The summed E-state index contributed by atoms with van der Waals surface area (Å²) in [6.45, 7) is 12.4. The SMILES string of the molecule is C=C(C)C1=CC(c2ccc(C)cc2)=NC(=NC)C1=C(C)C. The number of nitrogens with zero attached hydrogens (tertiary/aromatic N) is 2. The normalized spacial score (nSPS) is 16.6. The first kappa shape index (κ1) is 15.2. The third-order valence-corrected chi connectivity index (χ3v) is 3.52. The molecule has 1 aromatic carbocycles. The highest BCUT2D eigenvalue weighted by atomic mass is 14.9. The maximum atomic E-state index is 4.73. The van der Waals surface area contributed by atoms with E-state index < -0.39 is 0 Å². The van der Waals surface area contributed by atoms with Crippen molar-refractivity contribution in [2.24, 2.45) is 9.98 Å². The Kier molecular flexibility index (Phi) is 4.37. The molecule has 1 aromatic rings. The molecule has 0 aliphatic carbocycles. The Balaban J connectivity index is 2.62. The van der Waals surface area contributed by atoms with Gasteiger partial charge in [0.2, 0.25) is 0 Å². The van der Waals surface area contributed by atoms with Crippen molar-refractivity contribution >= 4 is 11.5 Å². The highest BCUT2D eigenvalue weighted by Crippen LogP contribution is 2.28. The minimum Gasteiger partial charge on any atom is -0.270 e. The van der Waals surface area contributed by atoms with E-state index in [1.54, 1.807) is 7.05 Å². The van der Waals surface area contributed by atoms with E-state index in [9.17, 15) is 0 Å². The Morgan fingerprint density at radius 2 is 1.71 bits per heavy atom. The van der Waals surface area contributed by atoms with E-state index in [4.69, 9.17) is 4.99 Å². The fourth-order valence-corrected chi connectivity index (χ4v) is 2.40. The molecule has 108 valence electrons. The van der Waals surface area contributed by atoms with Gasteiger partial charge in [0.15, 0.2) is 5.84 Å². The summed E-state index contributed by atoms with van der Waals surface area (Å²) in [5.74, 6) is 0.783. The van der Waals surface area contributed by atoms with Crippen molar-refractivity contribution < 1.29 is 0 Å². The summed E-state index contributed by atoms with van der Waals surface area (Å²) >= 11 is 0. The van der Waals surface area contributed by atoms with Gasteiger partial charge in [-0.3, -0.25) is 4.99 Å². The van der Waals surface area contributed by atoms with Gasteiger partial charge in [-0.05, 0) is 39.3 Å². The molecule has 0 unspecified atom stereocenters. The number of rotatable bonds is 2. The van der Waals surface area contributed by atoms with E-state index in [2.05, 4.69) is 62.7 Å². The van der Waals surface area contributed by atoms with Crippen LogP contribution in [0, 0.1) is 6.92 Å². The van der Waals surface area contributed by atoms with Gasteiger partial charge in [-0.2, -0.15) is 0 Å². The van der Waals surface area contributed by atoms with Gasteiger partial charge in [0.1, 0.15) is 0 Å². The number of aryl methyl sites for hydroxylation is 1. The van der Waals surface area contributed by atoms with Crippen LogP contribution in [0.2, 0.25) is 0 Å². The van der Waals surface area contributed by atoms with Crippen molar-refractivity contribution in [3.8, 4) is 0 Å².